The molecule has 0 aliphatic carbocycles. The molecule has 3 aromatic carbocycles. The summed E-state index contributed by atoms with van der Waals surface area (Å²) < 4.78 is 6.00. The molecule has 1 amide bonds. The fourth-order valence-electron chi connectivity index (χ4n) is 3.82. The summed E-state index contributed by atoms with van der Waals surface area (Å²) in [5, 5.41) is 3.26. The van der Waals surface area contributed by atoms with Gasteiger partial charge in [-0.15, -0.1) is 0 Å². The number of aryl methyl sites for hydroxylation is 1. The number of nitrogens with one attached hydrogen (secondary N) is 1. The van der Waals surface area contributed by atoms with E-state index in [0.29, 0.717) is 13.0 Å². The monoisotopic (exact) mass is 429 g/mol. The van der Waals surface area contributed by atoms with Crippen LogP contribution in [0.25, 0.3) is 0 Å². The Morgan fingerprint density at radius 3 is 2.34 bits per heavy atom. The Morgan fingerprint density at radius 1 is 0.875 bits per heavy atom. The first-order chi connectivity index (χ1) is 15.7. The van der Waals surface area contributed by atoms with Crippen LogP contribution in [0.1, 0.15) is 60.9 Å². The minimum atomic E-state index is -0.0754. The molecule has 0 aliphatic heterocycles. The molecular formula is C29H35NO2. The number of unbranched alkanes of at least 4 members (excludes halogenated alkanes) is 3. The molecule has 3 heteroatoms. The van der Waals surface area contributed by atoms with Gasteiger partial charge in [0.15, 0.2) is 0 Å². The van der Waals surface area contributed by atoms with Gasteiger partial charge in [-0.1, -0.05) is 105 Å². The summed E-state index contributed by atoms with van der Waals surface area (Å²) in [6, 6.07) is 26.5. The van der Waals surface area contributed by atoms with Crippen molar-refractivity contribution in [2.45, 2.75) is 58.4 Å². The first kappa shape index (κ1) is 23.6. The average molecular weight is 430 g/mol. The quantitative estimate of drug-likeness (QED) is 0.330. The molecule has 1 atom stereocenters. The van der Waals surface area contributed by atoms with Crippen molar-refractivity contribution in [1.29, 1.82) is 0 Å². The maximum Gasteiger partial charge on any atom is 0.225 e. The molecule has 32 heavy (non-hydrogen) atoms. The summed E-state index contributed by atoms with van der Waals surface area (Å²) in [6.45, 7) is 4.98. The molecule has 0 bridgehead atoms. The number of carbonyl (C=O) groups excluding carboxylic acids is 1. The van der Waals surface area contributed by atoms with Crippen molar-refractivity contribution in [3.05, 3.63) is 101 Å². The zero-order valence-electron chi connectivity index (χ0n) is 19.3. The third kappa shape index (κ3) is 7.56. The van der Waals surface area contributed by atoms with Gasteiger partial charge in [0.2, 0.25) is 5.91 Å². The molecule has 1 N–H and O–H groups in total. The third-order valence-corrected chi connectivity index (χ3v) is 5.68. The predicted octanol–water partition coefficient (Wildman–Crippen LogP) is 6.60. The van der Waals surface area contributed by atoms with E-state index in [1.165, 1.54) is 30.4 Å². The Labute approximate surface area is 192 Å². The highest BCUT2D eigenvalue weighted by molar-refractivity contribution is 5.79. The predicted molar refractivity (Wildman–Crippen MR) is 132 cm³/mol. The molecule has 0 radical (unpaired) electrons. The van der Waals surface area contributed by atoms with E-state index in [4.69, 9.17) is 4.74 Å². The van der Waals surface area contributed by atoms with Crippen LogP contribution < -0.4 is 10.1 Å². The van der Waals surface area contributed by atoms with Gasteiger partial charge in [0, 0.05) is 5.56 Å². The highest BCUT2D eigenvalue weighted by atomic mass is 16.5. The minimum absolute atomic E-state index is 0.00741. The van der Waals surface area contributed by atoms with Crippen molar-refractivity contribution in [2.24, 2.45) is 0 Å². The van der Waals surface area contributed by atoms with Gasteiger partial charge in [-0.05, 0) is 37.0 Å². The lowest BCUT2D eigenvalue weighted by Gasteiger charge is -2.20. The van der Waals surface area contributed by atoms with Crippen LogP contribution >= 0.6 is 0 Å². The fourth-order valence-corrected chi connectivity index (χ4v) is 3.82. The van der Waals surface area contributed by atoms with Crippen LogP contribution in [-0.4, -0.2) is 12.5 Å². The Hall–Kier alpha value is -3.07. The SMILES string of the molecule is CCCCCCOc1ccccc1CC(=O)NC(Cc1ccc(C)cc1)c1ccccc1. The summed E-state index contributed by atoms with van der Waals surface area (Å²) in [5.74, 6) is 0.821. The maximum absolute atomic E-state index is 13.0. The molecule has 3 nitrogen and oxygen atoms in total. The molecule has 168 valence electrons. The van der Waals surface area contributed by atoms with E-state index in [1.54, 1.807) is 0 Å². The zero-order chi connectivity index (χ0) is 22.6. The van der Waals surface area contributed by atoms with Gasteiger partial charge >= 0.3 is 0 Å². The molecule has 0 heterocycles. The number of benzene rings is 3. The van der Waals surface area contributed by atoms with E-state index in [2.05, 4.69) is 55.6 Å². The van der Waals surface area contributed by atoms with Crippen LogP contribution in [0.5, 0.6) is 5.75 Å². The fraction of sp³-hybridized carbons (Fsp3) is 0.345. The number of hydrogen-bond donors (Lipinski definition) is 1. The first-order valence-electron chi connectivity index (χ1n) is 11.8. The van der Waals surface area contributed by atoms with Crippen LogP contribution in [0.2, 0.25) is 0 Å². The van der Waals surface area contributed by atoms with Crippen molar-refractivity contribution in [3.63, 3.8) is 0 Å². The Morgan fingerprint density at radius 2 is 1.59 bits per heavy atom. The zero-order valence-corrected chi connectivity index (χ0v) is 19.3. The van der Waals surface area contributed by atoms with Gasteiger partial charge in [0.1, 0.15) is 5.75 Å². The highest BCUT2D eigenvalue weighted by Gasteiger charge is 2.17. The summed E-state index contributed by atoms with van der Waals surface area (Å²) in [6.07, 6.45) is 5.73. The Balaban J connectivity index is 1.66. The molecular weight excluding hydrogens is 394 g/mol. The second-order valence-corrected chi connectivity index (χ2v) is 8.41. The lowest BCUT2D eigenvalue weighted by Crippen LogP contribution is -2.31. The molecule has 0 saturated carbocycles. The molecule has 3 rings (SSSR count). The van der Waals surface area contributed by atoms with E-state index in [-0.39, 0.29) is 11.9 Å². The minimum Gasteiger partial charge on any atom is -0.493 e. The highest BCUT2D eigenvalue weighted by Crippen LogP contribution is 2.22. The van der Waals surface area contributed by atoms with Crippen molar-refractivity contribution in [3.8, 4) is 5.75 Å². The lowest BCUT2D eigenvalue weighted by molar-refractivity contribution is -0.121. The van der Waals surface area contributed by atoms with Crippen LogP contribution in [0.4, 0.5) is 0 Å². The van der Waals surface area contributed by atoms with Crippen molar-refractivity contribution >= 4 is 5.91 Å². The number of amides is 1. The second kappa shape index (κ2) is 12.7. The largest absolute Gasteiger partial charge is 0.493 e. The number of hydrogen-bond acceptors (Lipinski definition) is 2. The van der Waals surface area contributed by atoms with E-state index in [1.807, 2.05) is 42.5 Å². The lowest BCUT2D eigenvalue weighted by atomic mass is 9.98. The molecule has 1 unspecified atom stereocenters. The summed E-state index contributed by atoms with van der Waals surface area (Å²) in [5.41, 5.74) is 4.49. The van der Waals surface area contributed by atoms with Gasteiger partial charge < -0.3 is 10.1 Å². The van der Waals surface area contributed by atoms with Gasteiger partial charge in [-0.25, -0.2) is 0 Å². The normalized spacial score (nSPS) is 11.7. The first-order valence-corrected chi connectivity index (χ1v) is 11.8. The number of carbonyl (C=O) groups is 1. The van der Waals surface area contributed by atoms with E-state index >= 15 is 0 Å². The van der Waals surface area contributed by atoms with E-state index in [0.717, 1.165) is 29.7 Å². The smallest absolute Gasteiger partial charge is 0.225 e. The van der Waals surface area contributed by atoms with Gasteiger partial charge in [-0.2, -0.15) is 0 Å². The molecule has 3 aromatic rings. The molecule has 0 fully saturated rings. The van der Waals surface area contributed by atoms with Crippen LogP contribution in [-0.2, 0) is 17.6 Å². The molecule has 0 saturated heterocycles. The standard InChI is InChI=1S/C29H35NO2/c1-3-4-5-11-20-32-28-15-10-9-14-26(28)22-29(31)30-27(25-12-7-6-8-13-25)21-24-18-16-23(2)17-19-24/h6-10,12-19,27H,3-5,11,20-22H2,1-2H3,(H,30,31). The van der Waals surface area contributed by atoms with Crippen molar-refractivity contribution in [1.82, 2.24) is 5.32 Å². The Bertz CT molecular complexity index is 950. The number of ether oxygens (including phenoxy) is 1. The van der Waals surface area contributed by atoms with E-state index < -0.39 is 0 Å². The summed E-state index contributed by atoms with van der Waals surface area (Å²) >= 11 is 0. The third-order valence-electron chi connectivity index (χ3n) is 5.68. The van der Waals surface area contributed by atoms with Gasteiger partial charge in [0.25, 0.3) is 0 Å². The second-order valence-electron chi connectivity index (χ2n) is 8.41. The van der Waals surface area contributed by atoms with Crippen LogP contribution in [0.15, 0.2) is 78.9 Å². The van der Waals surface area contributed by atoms with Gasteiger partial charge in [0.05, 0.1) is 19.1 Å². The van der Waals surface area contributed by atoms with Crippen LogP contribution in [0, 0.1) is 6.92 Å². The molecule has 0 spiro atoms. The Kier molecular flexibility index (Phi) is 9.37. The van der Waals surface area contributed by atoms with Gasteiger partial charge in [-0.3, -0.25) is 4.79 Å². The van der Waals surface area contributed by atoms with Crippen molar-refractivity contribution < 1.29 is 9.53 Å². The molecule has 0 aromatic heterocycles. The van der Waals surface area contributed by atoms with Crippen LogP contribution in [0.3, 0.4) is 0 Å². The van der Waals surface area contributed by atoms with Crippen molar-refractivity contribution in [2.75, 3.05) is 6.61 Å². The topological polar surface area (TPSA) is 38.3 Å². The molecule has 0 aliphatic rings. The summed E-state index contributed by atoms with van der Waals surface area (Å²) in [4.78, 5) is 13.0. The average Bonchev–Trinajstić information content (AvgIpc) is 2.81. The number of para-hydroxylation sites is 1. The van der Waals surface area contributed by atoms with E-state index in [9.17, 15) is 4.79 Å². The number of rotatable bonds is 12. The maximum atomic E-state index is 13.0. The summed E-state index contributed by atoms with van der Waals surface area (Å²) in [7, 11) is 0.